The van der Waals surface area contributed by atoms with Crippen molar-refractivity contribution >= 4 is 21.9 Å². The molecule has 0 radical (unpaired) electrons. The number of amides is 1. The van der Waals surface area contributed by atoms with Crippen molar-refractivity contribution in [2.75, 3.05) is 25.9 Å². The number of carbonyl (C=O) groups excluding carboxylic acids is 1. The Balaban J connectivity index is 2.27. The number of sulfonamides is 1. The molecular formula is C13H24N2O5S. The summed E-state index contributed by atoms with van der Waals surface area (Å²) in [6, 6.07) is 0. The van der Waals surface area contributed by atoms with E-state index in [1.807, 2.05) is 0 Å². The van der Waals surface area contributed by atoms with Gasteiger partial charge >= 0.3 is 5.97 Å². The number of carboxylic acids is 1. The maximum absolute atomic E-state index is 11.9. The lowest BCUT2D eigenvalue weighted by Crippen LogP contribution is -2.35. The molecule has 1 rings (SSSR count). The third kappa shape index (κ3) is 5.62. The highest BCUT2D eigenvalue weighted by molar-refractivity contribution is 7.88. The van der Waals surface area contributed by atoms with Crippen LogP contribution in [0.15, 0.2) is 0 Å². The Kier molecular flexibility index (Phi) is 6.60. The number of hydrogen-bond acceptors (Lipinski definition) is 4. The zero-order valence-electron chi connectivity index (χ0n) is 12.5. The monoisotopic (exact) mass is 320 g/mol. The van der Waals surface area contributed by atoms with Gasteiger partial charge < -0.3 is 10.4 Å². The van der Waals surface area contributed by atoms with E-state index in [0.717, 1.165) is 0 Å². The molecule has 0 spiro atoms. The molecule has 1 fully saturated rings. The highest BCUT2D eigenvalue weighted by atomic mass is 32.2. The van der Waals surface area contributed by atoms with Crippen molar-refractivity contribution in [1.29, 1.82) is 0 Å². The Morgan fingerprint density at radius 1 is 1.29 bits per heavy atom. The topological polar surface area (TPSA) is 104 Å². The molecule has 122 valence electrons. The molecule has 1 aliphatic rings. The van der Waals surface area contributed by atoms with Crippen LogP contribution in [0.3, 0.4) is 0 Å². The standard InChI is InChI=1S/C13H24N2O5S/c1-3-15(21(2,19)20)8-4-7-14-12(16)10-5-6-11(9-10)13(17)18/h10-11H,3-9H2,1-2H3,(H,14,16)(H,17,18)/t10-,11+/m1/s1. The van der Waals surface area contributed by atoms with Crippen LogP contribution in [-0.2, 0) is 19.6 Å². The molecule has 0 unspecified atom stereocenters. The third-order valence-corrected chi connectivity index (χ3v) is 5.24. The van der Waals surface area contributed by atoms with E-state index in [9.17, 15) is 18.0 Å². The Bertz CT molecular complexity index is 477. The van der Waals surface area contributed by atoms with Gasteiger partial charge in [0.05, 0.1) is 12.2 Å². The molecule has 2 N–H and O–H groups in total. The van der Waals surface area contributed by atoms with Gasteiger partial charge in [-0.05, 0) is 25.7 Å². The quantitative estimate of drug-likeness (QED) is 0.625. The van der Waals surface area contributed by atoms with Crippen LogP contribution in [0.25, 0.3) is 0 Å². The Morgan fingerprint density at radius 3 is 2.38 bits per heavy atom. The van der Waals surface area contributed by atoms with Crippen molar-refractivity contribution in [3.8, 4) is 0 Å². The third-order valence-electron chi connectivity index (χ3n) is 3.86. The summed E-state index contributed by atoms with van der Waals surface area (Å²) in [6.07, 6.45) is 3.26. The Hall–Kier alpha value is -1.15. The normalized spacial score (nSPS) is 22.4. The van der Waals surface area contributed by atoms with E-state index in [1.54, 1.807) is 6.92 Å². The fourth-order valence-electron chi connectivity index (χ4n) is 2.61. The predicted molar refractivity (Wildman–Crippen MR) is 78.2 cm³/mol. The lowest BCUT2D eigenvalue weighted by molar-refractivity contribution is -0.141. The van der Waals surface area contributed by atoms with Crippen molar-refractivity contribution in [2.45, 2.75) is 32.6 Å². The molecule has 1 amide bonds. The van der Waals surface area contributed by atoms with E-state index in [-0.39, 0.29) is 11.8 Å². The van der Waals surface area contributed by atoms with Gasteiger partial charge in [-0.2, -0.15) is 0 Å². The van der Waals surface area contributed by atoms with Crippen molar-refractivity contribution < 1.29 is 23.1 Å². The van der Waals surface area contributed by atoms with Crippen molar-refractivity contribution in [3.05, 3.63) is 0 Å². The number of nitrogens with zero attached hydrogens (tertiary/aromatic N) is 1. The summed E-state index contributed by atoms with van der Waals surface area (Å²) in [6.45, 7) is 2.96. The maximum atomic E-state index is 11.9. The number of hydrogen-bond donors (Lipinski definition) is 2. The maximum Gasteiger partial charge on any atom is 0.306 e. The molecule has 0 bridgehead atoms. The Morgan fingerprint density at radius 2 is 1.90 bits per heavy atom. The molecule has 21 heavy (non-hydrogen) atoms. The van der Waals surface area contributed by atoms with Gasteiger partial charge in [0, 0.05) is 25.6 Å². The van der Waals surface area contributed by atoms with Crippen molar-refractivity contribution in [3.63, 3.8) is 0 Å². The summed E-state index contributed by atoms with van der Waals surface area (Å²) in [7, 11) is -3.19. The van der Waals surface area contributed by atoms with Crippen LogP contribution in [0.2, 0.25) is 0 Å². The van der Waals surface area contributed by atoms with E-state index >= 15 is 0 Å². The van der Waals surface area contributed by atoms with Crippen LogP contribution in [0.5, 0.6) is 0 Å². The Labute approximate surface area is 125 Å². The van der Waals surface area contributed by atoms with Gasteiger partial charge in [-0.3, -0.25) is 9.59 Å². The van der Waals surface area contributed by atoms with E-state index in [4.69, 9.17) is 5.11 Å². The van der Waals surface area contributed by atoms with E-state index in [0.29, 0.717) is 45.3 Å². The van der Waals surface area contributed by atoms with Gasteiger partial charge in [-0.1, -0.05) is 6.92 Å². The van der Waals surface area contributed by atoms with Gasteiger partial charge in [0.15, 0.2) is 0 Å². The lowest BCUT2D eigenvalue weighted by atomic mass is 10.0. The number of carboxylic acid groups (broad SMARTS) is 1. The zero-order valence-corrected chi connectivity index (χ0v) is 13.4. The van der Waals surface area contributed by atoms with Gasteiger partial charge in [-0.15, -0.1) is 0 Å². The average molecular weight is 320 g/mol. The number of rotatable bonds is 8. The second-order valence-corrected chi connectivity index (χ2v) is 7.43. The van der Waals surface area contributed by atoms with Gasteiger partial charge in [0.25, 0.3) is 0 Å². The average Bonchev–Trinajstić information content (AvgIpc) is 2.86. The second-order valence-electron chi connectivity index (χ2n) is 5.44. The summed E-state index contributed by atoms with van der Waals surface area (Å²) in [5.74, 6) is -1.61. The summed E-state index contributed by atoms with van der Waals surface area (Å²) in [5, 5.41) is 11.7. The van der Waals surface area contributed by atoms with Crippen LogP contribution < -0.4 is 5.32 Å². The number of aliphatic carboxylic acids is 1. The molecule has 1 aliphatic carbocycles. The fraction of sp³-hybridized carbons (Fsp3) is 0.846. The summed E-state index contributed by atoms with van der Waals surface area (Å²) < 4.78 is 24.1. The fourth-order valence-corrected chi connectivity index (χ4v) is 3.54. The molecule has 0 aromatic heterocycles. The summed E-state index contributed by atoms with van der Waals surface area (Å²) in [4.78, 5) is 22.7. The largest absolute Gasteiger partial charge is 0.481 e. The lowest BCUT2D eigenvalue weighted by Gasteiger charge is -2.18. The first-order valence-electron chi connectivity index (χ1n) is 7.21. The van der Waals surface area contributed by atoms with E-state index in [1.165, 1.54) is 10.6 Å². The first-order chi connectivity index (χ1) is 9.75. The number of carbonyl (C=O) groups is 2. The van der Waals surface area contributed by atoms with Gasteiger partial charge in [-0.25, -0.2) is 12.7 Å². The minimum absolute atomic E-state index is 0.124. The number of nitrogens with one attached hydrogen (secondary N) is 1. The molecule has 7 nitrogen and oxygen atoms in total. The van der Waals surface area contributed by atoms with Crippen molar-refractivity contribution in [2.24, 2.45) is 11.8 Å². The summed E-state index contributed by atoms with van der Waals surface area (Å²) in [5.41, 5.74) is 0. The van der Waals surface area contributed by atoms with E-state index < -0.39 is 21.9 Å². The summed E-state index contributed by atoms with van der Waals surface area (Å²) >= 11 is 0. The first kappa shape index (κ1) is 17.9. The molecule has 1 saturated carbocycles. The molecule has 0 heterocycles. The van der Waals surface area contributed by atoms with E-state index in [2.05, 4.69) is 5.32 Å². The minimum atomic E-state index is -3.19. The minimum Gasteiger partial charge on any atom is -0.481 e. The molecule has 0 aliphatic heterocycles. The van der Waals surface area contributed by atoms with Crippen LogP contribution in [0.1, 0.15) is 32.6 Å². The molecule has 0 saturated heterocycles. The molecule has 2 atom stereocenters. The van der Waals surface area contributed by atoms with Crippen LogP contribution in [-0.4, -0.2) is 55.6 Å². The zero-order chi connectivity index (χ0) is 16.0. The van der Waals surface area contributed by atoms with Crippen LogP contribution in [0, 0.1) is 11.8 Å². The molecule has 0 aromatic rings. The predicted octanol–water partition coefficient (Wildman–Crippen LogP) is 0.275. The molecule has 0 aromatic carbocycles. The first-order valence-corrected chi connectivity index (χ1v) is 9.06. The highest BCUT2D eigenvalue weighted by Crippen LogP contribution is 2.30. The van der Waals surface area contributed by atoms with Crippen molar-refractivity contribution in [1.82, 2.24) is 9.62 Å². The second kappa shape index (κ2) is 7.74. The molecular weight excluding hydrogens is 296 g/mol. The van der Waals surface area contributed by atoms with Gasteiger partial charge in [0.2, 0.25) is 15.9 Å². The van der Waals surface area contributed by atoms with Gasteiger partial charge in [0.1, 0.15) is 0 Å². The van der Waals surface area contributed by atoms with Crippen LogP contribution in [0.4, 0.5) is 0 Å². The SMILES string of the molecule is CCN(CCCNC(=O)[C@@H]1CC[C@H](C(=O)O)C1)S(C)(=O)=O. The highest BCUT2D eigenvalue weighted by Gasteiger charge is 2.33. The smallest absolute Gasteiger partial charge is 0.306 e. The molecule has 8 heteroatoms. The van der Waals surface area contributed by atoms with Crippen LogP contribution >= 0.6 is 0 Å².